The van der Waals surface area contributed by atoms with E-state index in [1.165, 1.54) is 36.6 Å². The molecule has 0 bridgehead atoms. The Kier molecular flexibility index (Phi) is 8.63. The van der Waals surface area contributed by atoms with E-state index in [1.54, 1.807) is 6.07 Å². The molecule has 186 valence electrons. The molecule has 1 saturated heterocycles. The molecule has 2 amide bonds. The maximum absolute atomic E-state index is 12.8. The number of thioether (sulfide) groups is 2. The summed E-state index contributed by atoms with van der Waals surface area (Å²) in [7, 11) is 1.26. The second-order valence-electron chi connectivity index (χ2n) is 6.87. The number of carboxylic acid groups (broad SMARTS) is 1. The monoisotopic (exact) mass is 603 g/mol. The normalized spacial score (nSPS) is 19.4. The van der Waals surface area contributed by atoms with Crippen molar-refractivity contribution in [1.82, 2.24) is 15.2 Å². The Morgan fingerprint density at radius 1 is 1.46 bits per heavy atom. The first-order chi connectivity index (χ1) is 16.3. The van der Waals surface area contributed by atoms with Gasteiger partial charge < -0.3 is 25.4 Å². The fraction of sp³-hybridized carbons (Fsp3) is 0.263. The number of fused-ring (bicyclic) bond motifs is 1. The van der Waals surface area contributed by atoms with E-state index in [2.05, 4.69) is 15.5 Å². The summed E-state index contributed by atoms with van der Waals surface area (Å²) in [6.45, 7) is 0. The number of nitrogens with zero attached hydrogens (tertiary/aromatic N) is 3. The van der Waals surface area contributed by atoms with Gasteiger partial charge in [-0.1, -0.05) is 16.9 Å². The van der Waals surface area contributed by atoms with Crippen molar-refractivity contribution in [1.29, 1.82) is 0 Å². The third-order valence-corrected chi connectivity index (χ3v) is 7.77. The molecule has 4 heterocycles. The molecule has 0 aromatic carbocycles. The highest BCUT2D eigenvalue weighted by Gasteiger charge is 2.54. The first kappa shape index (κ1) is 26.8. The summed E-state index contributed by atoms with van der Waals surface area (Å²) in [6, 6.07) is 2.13. The number of furan rings is 1. The maximum Gasteiger partial charge on any atom is 0.352 e. The van der Waals surface area contributed by atoms with E-state index in [0.29, 0.717) is 5.57 Å². The Morgan fingerprint density at radius 3 is 2.83 bits per heavy atom. The summed E-state index contributed by atoms with van der Waals surface area (Å²) in [4.78, 5) is 59.6. The number of aromatic nitrogens is 1. The van der Waals surface area contributed by atoms with Crippen molar-refractivity contribution < 1.29 is 33.5 Å². The molecule has 0 radical (unpaired) electrons. The molecule has 12 nitrogen and oxygen atoms in total. The number of nitrogens with one attached hydrogen (secondary N) is 1. The number of carbonyl (C=O) groups is 4. The summed E-state index contributed by atoms with van der Waals surface area (Å²) >= 11 is 3.29. The number of nitrogens with two attached hydrogens (primary N) is 1. The average molecular weight is 604 g/mol. The number of amides is 2. The SMILES string of the molecule is Br.CON=C(C(=O)N[C@@H]1C(=O)N2C(C(=O)O)=C(CSC(=O)c3ccco3)CS[C@H]12)c1csc(N)n1. The maximum atomic E-state index is 12.8. The van der Waals surface area contributed by atoms with Gasteiger partial charge in [-0.3, -0.25) is 19.3 Å². The van der Waals surface area contributed by atoms with E-state index in [4.69, 9.17) is 15.0 Å². The van der Waals surface area contributed by atoms with Gasteiger partial charge in [-0.05, 0) is 17.7 Å². The van der Waals surface area contributed by atoms with Gasteiger partial charge in [0.05, 0.1) is 6.26 Å². The molecule has 0 unspecified atom stereocenters. The van der Waals surface area contributed by atoms with Crippen molar-refractivity contribution in [3.63, 3.8) is 0 Å². The second kappa shape index (κ2) is 11.3. The van der Waals surface area contributed by atoms with E-state index in [1.807, 2.05) is 0 Å². The van der Waals surface area contributed by atoms with Crippen molar-refractivity contribution in [3.8, 4) is 0 Å². The van der Waals surface area contributed by atoms with E-state index >= 15 is 0 Å². The van der Waals surface area contributed by atoms with Gasteiger partial charge in [0, 0.05) is 16.9 Å². The molecular formula is C19H18BrN5O7S3. The molecule has 4 rings (SSSR count). The van der Waals surface area contributed by atoms with E-state index < -0.39 is 29.2 Å². The molecule has 16 heteroatoms. The number of rotatable bonds is 8. The summed E-state index contributed by atoms with van der Waals surface area (Å²) in [6.07, 6.45) is 1.37. The van der Waals surface area contributed by atoms with Crippen LogP contribution in [0.4, 0.5) is 5.13 Å². The van der Waals surface area contributed by atoms with Crippen molar-refractivity contribution in [3.05, 3.63) is 46.5 Å². The lowest BCUT2D eigenvalue weighted by molar-refractivity contribution is -0.150. The highest BCUT2D eigenvalue weighted by molar-refractivity contribution is 8.93. The van der Waals surface area contributed by atoms with Gasteiger partial charge in [-0.15, -0.1) is 40.1 Å². The molecule has 0 spiro atoms. The quantitative estimate of drug-likeness (QED) is 0.226. The van der Waals surface area contributed by atoms with Gasteiger partial charge >= 0.3 is 5.97 Å². The first-order valence-electron chi connectivity index (χ1n) is 9.55. The van der Waals surface area contributed by atoms with Crippen LogP contribution in [-0.2, 0) is 19.2 Å². The lowest BCUT2D eigenvalue weighted by Gasteiger charge is -2.49. The average Bonchev–Trinajstić information content (AvgIpc) is 3.50. The number of carboxylic acids is 1. The first-order valence-corrected chi connectivity index (χ1v) is 12.5. The summed E-state index contributed by atoms with van der Waals surface area (Å²) in [5.74, 6) is -2.08. The number of aliphatic carboxylic acids is 1. The molecule has 35 heavy (non-hydrogen) atoms. The van der Waals surface area contributed by atoms with Crippen LogP contribution in [0.5, 0.6) is 0 Å². The molecule has 1 fully saturated rings. The minimum atomic E-state index is -1.29. The second-order valence-corrected chi connectivity index (χ2v) is 9.81. The largest absolute Gasteiger partial charge is 0.477 e. The molecule has 0 saturated carbocycles. The highest BCUT2D eigenvalue weighted by Crippen LogP contribution is 2.41. The Morgan fingerprint density at radius 2 is 2.23 bits per heavy atom. The third-order valence-electron chi connectivity index (χ3n) is 4.80. The zero-order valence-corrected chi connectivity index (χ0v) is 22.0. The Bertz CT molecular complexity index is 1210. The number of nitrogen functional groups attached to an aromatic ring is 1. The Balaban J connectivity index is 0.00000342. The fourth-order valence-electron chi connectivity index (χ4n) is 3.31. The summed E-state index contributed by atoms with van der Waals surface area (Å²) in [5.41, 5.74) is 5.89. The van der Waals surface area contributed by atoms with Crippen LogP contribution in [0, 0.1) is 0 Å². The smallest absolute Gasteiger partial charge is 0.352 e. The molecule has 2 aromatic heterocycles. The van der Waals surface area contributed by atoms with Crippen LogP contribution in [0.1, 0.15) is 16.2 Å². The molecule has 4 N–H and O–H groups in total. The van der Waals surface area contributed by atoms with Crippen LogP contribution in [0.3, 0.4) is 0 Å². The number of oxime groups is 1. The van der Waals surface area contributed by atoms with Gasteiger partial charge in [0.25, 0.3) is 16.9 Å². The fourth-order valence-corrected chi connectivity index (χ4v) is 6.14. The third kappa shape index (κ3) is 5.39. The van der Waals surface area contributed by atoms with Gasteiger partial charge in [0.2, 0.25) is 0 Å². The van der Waals surface area contributed by atoms with Crippen molar-refractivity contribution in [2.75, 3.05) is 24.3 Å². The number of thiazole rings is 1. The Hall–Kier alpha value is -2.82. The molecular weight excluding hydrogens is 586 g/mol. The minimum Gasteiger partial charge on any atom is -0.477 e. The predicted octanol–water partition coefficient (Wildman–Crippen LogP) is 1.56. The van der Waals surface area contributed by atoms with Gasteiger partial charge in [-0.25, -0.2) is 9.78 Å². The van der Waals surface area contributed by atoms with Gasteiger partial charge in [-0.2, -0.15) is 0 Å². The van der Waals surface area contributed by atoms with E-state index in [9.17, 15) is 24.3 Å². The zero-order valence-electron chi connectivity index (χ0n) is 17.8. The number of hydrogen-bond donors (Lipinski definition) is 3. The van der Waals surface area contributed by atoms with E-state index in [-0.39, 0.29) is 61.6 Å². The number of carbonyl (C=O) groups excluding carboxylic acids is 3. The molecule has 2 aromatic rings. The summed E-state index contributed by atoms with van der Waals surface area (Å²) in [5, 5.41) is 16.8. The summed E-state index contributed by atoms with van der Waals surface area (Å²) < 4.78 is 5.05. The van der Waals surface area contributed by atoms with E-state index in [0.717, 1.165) is 28.0 Å². The molecule has 2 aliphatic heterocycles. The highest BCUT2D eigenvalue weighted by atomic mass is 79.9. The number of β-lactam (4-membered cyclic amide) rings is 1. The topological polar surface area (TPSA) is 177 Å². The zero-order chi connectivity index (χ0) is 24.4. The Labute approximate surface area is 221 Å². The minimum absolute atomic E-state index is 0. The molecule has 2 atom stereocenters. The van der Waals surface area contributed by atoms with Crippen LogP contribution in [0.25, 0.3) is 0 Å². The standard InChI is InChI=1S/C19H17N5O7S3.BrH/c1-30-23-11(9-7-34-19(20)21-9)14(25)22-12-15(26)24-13(17(27)28)8(5-32-16(12)24)6-33-18(29)10-3-2-4-31-10;/h2-4,7,12,16H,5-6H2,1H3,(H2,20,21)(H,22,25)(H,27,28);1H/t12-,16-;/m1./s1. The van der Waals surface area contributed by atoms with Crippen molar-refractivity contribution in [2.45, 2.75) is 11.4 Å². The predicted molar refractivity (Wildman–Crippen MR) is 136 cm³/mol. The van der Waals surface area contributed by atoms with Crippen LogP contribution in [0.15, 0.2) is 44.6 Å². The molecule has 0 aliphatic carbocycles. The number of hydrogen-bond acceptors (Lipinski definition) is 12. The van der Waals surface area contributed by atoms with Crippen LogP contribution in [0.2, 0.25) is 0 Å². The molecule has 2 aliphatic rings. The van der Waals surface area contributed by atoms with Gasteiger partial charge in [0.1, 0.15) is 29.9 Å². The lowest BCUT2D eigenvalue weighted by Crippen LogP contribution is -2.71. The lowest BCUT2D eigenvalue weighted by atomic mass is 10.0. The van der Waals surface area contributed by atoms with Crippen LogP contribution >= 0.6 is 51.8 Å². The van der Waals surface area contributed by atoms with Crippen molar-refractivity contribution >= 4 is 85.6 Å². The van der Waals surface area contributed by atoms with Crippen LogP contribution < -0.4 is 11.1 Å². The number of halogens is 1. The van der Waals surface area contributed by atoms with Crippen LogP contribution in [-0.4, -0.2) is 73.6 Å². The van der Waals surface area contributed by atoms with Crippen molar-refractivity contribution in [2.24, 2.45) is 5.16 Å². The number of anilines is 1. The van der Waals surface area contributed by atoms with Gasteiger partial charge in [0.15, 0.2) is 16.6 Å².